The van der Waals surface area contributed by atoms with Crippen molar-refractivity contribution in [3.05, 3.63) is 50.9 Å². The fourth-order valence-corrected chi connectivity index (χ4v) is 1.75. The summed E-state index contributed by atoms with van der Waals surface area (Å²) >= 11 is 5.86. The molecule has 88 valence electrons. The molecule has 0 amide bonds. The average Bonchev–Trinajstić information content (AvgIpc) is 2.57. The van der Waals surface area contributed by atoms with E-state index < -0.39 is 0 Å². The number of aromatic amines is 1. The first kappa shape index (κ1) is 11.5. The van der Waals surface area contributed by atoms with E-state index in [2.05, 4.69) is 10.3 Å². The van der Waals surface area contributed by atoms with Gasteiger partial charge in [0.15, 0.2) is 0 Å². The van der Waals surface area contributed by atoms with Crippen LogP contribution in [0, 0.1) is 6.92 Å². The molecular weight excluding hydrogens is 242 g/mol. The molecule has 2 aromatic rings. The molecule has 0 aliphatic heterocycles. The summed E-state index contributed by atoms with van der Waals surface area (Å²) < 4.78 is 1.35. The number of halogens is 1. The Kier molecular flexibility index (Phi) is 3.01. The van der Waals surface area contributed by atoms with Crippen molar-refractivity contribution in [2.45, 2.75) is 6.92 Å². The van der Waals surface area contributed by atoms with Crippen LogP contribution in [0.2, 0.25) is 5.02 Å². The van der Waals surface area contributed by atoms with Crippen LogP contribution in [-0.2, 0) is 0 Å². The van der Waals surface area contributed by atoms with Gasteiger partial charge in [-0.15, -0.1) is 0 Å². The number of oxime groups is 1. The monoisotopic (exact) mass is 251 g/mol. The van der Waals surface area contributed by atoms with E-state index in [4.69, 9.17) is 16.8 Å². The Hall–Kier alpha value is -2.01. The van der Waals surface area contributed by atoms with Gasteiger partial charge >= 0.3 is 0 Å². The highest BCUT2D eigenvalue weighted by Gasteiger charge is 2.10. The Labute approximate surface area is 102 Å². The van der Waals surface area contributed by atoms with Crippen molar-refractivity contribution in [3.63, 3.8) is 0 Å². The fraction of sp³-hybridized carbons (Fsp3) is 0.0909. The maximum atomic E-state index is 12.0. The standard InChI is InChI=1S/C11H10ClN3O2/c1-7-10(6-13-17)11(16)15(14-7)9-4-2-3-8(12)5-9/h2-6,14,17H,1H3. The number of benzene rings is 1. The van der Waals surface area contributed by atoms with E-state index in [0.29, 0.717) is 22.0 Å². The number of hydrogen-bond donors (Lipinski definition) is 2. The average molecular weight is 252 g/mol. The molecule has 5 nitrogen and oxygen atoms in total. The van der Waals surface area contributed by atoms with E-state index >= 15 is 0 Å². The molecule has 1 aromatic heterocycles. The molecule has 0 saturated heterocycles. The van der Waals surface area contributed by atoms with Crippen molar-refractivity contribution >= 4 is 17.8 Å². The van der Waals surface area contributed by atoms with Gasteiger partial charge in [0, 0.05) is 10.7 Å². The third-order valence-electron chi connectivity index (χ3n) is 2.37. The van der Waals surface area contributed by atoms with Crippen LogP contribution >= 0.6 is 11.6 Å². The number of rotatable bonds is 2. The molecule has 0 atom stereocenters. The van der Waals surface area contributed by atoms with Crippen LogP contribution in [0.15, 0.2) is 34.2 Å². The smallest absolute Gasteiger partial charge is 0.280 e. The maximum absolute atomic E-state index is 12.0. The number of hydrogen-bond acceptors (Lipinski definition) is 3. The molecule has 17 heavy (non-hydrogen) atoms. The van der Waals surface area contributed by atoms with Crippen molar-refractivity contribution in [2.24, 2.45) is 5.16 Å². The van der Waals surface area contributed by atoms with Gasteiger partial charge in [0.1, 0.15) is 0 Å². The fourth-order valence-electron chi connectivity index (χ4n) is 1.57. The third kappa shape index (κ3) is 2.09. The molecule has 2 rings (SSSR count). The van der Waals surface area contributed by atoms with E-state index in [1.54, 1.807) is 31.2 Å². The van der Waals surface area contributed by atoms with E-state index in [0.717, 1.165) is 6.21 Å². The molecule has 0 aliphatic rings. The van der Waals surface area contributed by atoms with Gasteiger partial charge in [-0.1, -0.05) is 22.8 Å². The van der Waals surface area contributed by atoms with E-state index in [9.17, 15) is 4.79 Å². The summed E-state index contributed by atoms with van der Waals surface area (Å²) in [5, 5.41) is 14.8. The van der Waals surface area contributed by atoms with Crippen LogP contribution in [-0.4, -0.2) is 21.2 Å². The lowest BCUT2D eigenvalue weighted by Crippen LogP contribution is -2.17. The van der Waals surface area contributed by atoms with Gasteiger partial charge in [0.25, 0.3) is 5.56 Å². The summed E-state index contributed by atoms with van der Waals surface area (Å²) in [6.07, 6.45) is 1.11. The molecule has 1 aromatic carbocycles. The minimum absolute atomic E-state index is 0.289. The Morgan fingerprint density at radius 3 is 2.94 bits per heavy atom. The molecule has 0 fully saturated rings. The maximum Gasteiger partial charge on any atom is 0.280 e. The van der Waals surface area contributed by atoms with Gasteiger partial charge in [-0.05, 0) is 25.1 Å². The Balaban J connectivity index is 2.62. The first-order valence-corrected chi connectivity index (χ1v) is 5.26. The van der Waals surface area contributed by atoms with Gasteiger partial charge in [-0.25, -0.2) is 4.68 Å². The third-order valence-corrected chi connectivity index (χ3v) is 2.61. The lowest BCUT2D eigenvalue weighted by Gasteiger charge is -2.01. The summed E-state index contributed by atoms with van der Waals surface area (Å²) in [5.41, 5.74) is 1.27. The number of aryl methyl sites for hydroxylation is 1. The van der Waals surface area contributed by atoms with Gasteiger partial charge in [-0.3, -0.25) is 9.89 Å². The van der Waals surface area contributed by atoms with Crippen molar-refractivity contribution in [2.75, 3.05) is 0 Å². The zero-order valence-electron chi connectivity index (χ0n) is 9.01. The lowest BCUT2D eigenvalue weighted by molar-refractivity contribution is 0.322. The molecule has 1 heterocycles. The number of aromatic nitrogens is 2. The second kappa shape index (κ2) is 4.47. The summed E-state index contributed by atoms with van der Waals surface area (Å²) in [5.74, 6) is 0. The zero-order valence-corrected chi connectivity index (χ0v) is 9.77. The summed E-state index contributed by atoms with van der Waals surface area (Å²) in [6.45, 7) is 1.72. The van der Waals surface area contributed by atoms with E-state index in [1.807, 2.05) is 0 Å². The highest BCUT2D eigenvalue weighted by Crippen LogP contribution is 2.13. The molecule has 0 unspecified atom stereocenters. The molecule has 0 aliphatic carbocycles. The SMILES string of the molecule is Cc1[nH]n(-c2cccc(Cl)c2)c(=O)c1C=NO. The highest BCUT2D eigenvalue weighted by molar-refractivity contribution is 6.30. The minimum Gasteiger partial charge on any atom is -0.411 e. The second-order valence-corrected chi connectivity index (χ2v) is 3.95. The van der Waals surface area contributed by atoms with Crippen molar-refractivity contribution in [1.29, 1.82) is 0 Å². The Morgan fingerprint density at radius 2 is 2.29 bits per heavy atom. The minimum atomic E-state index is -0.289. The van der Waals surface area contributed by atoms with Gasteiger partial charge < -0.3 is 5.21 Å². The first-order valence-electron chi connectivity index (χ1n) is 4.88. The molecule has 6 heteroatoms. The Bertz CT molecular complexity index is 628. The lowest BCUT2D eigenvalue weighted by atomic mass is 10.3. The summed E-state index contributed by atoms with van der Waals surface area (Å²) in [4.78, 5) is 12.0. The van der Waals surface area contributed by atoms with Crippen molar-refractivity contribution in [1.82, 2.24) is 9.78 Å². The van der Waals surface area contributed by atoms with Crippen LogP contribution in [0.5, 0.6) is 0 Å². The quantitative estimate of drug-likeness (QED) is 0.486. The predicted molar refractivity (Wildman–Crippen MR) is 65.5 cm³/mol. The zero-order chi connectivity index (χ0) is 12.4. The van der Waals surface area contributed by atoms with Crippen LogP contribution < -0.4 is 5.56 Å². The molecule has 2 N–H and O–H groups in total. The van der Waals surface area contributed by atoms with Crippen LogP contribution in [0.1, 0.15) is 11.3 Å². The van der Waals surface area contributed by atoms with Crippen molar-refractivity contribution in [3.8, 4) is 5.69 Å². The van der Waals surface area contributed by atoms with E-state index in [-0.39, 0.29) is 5.56 Å². The number of nitrogens with zero attached hydrogens (tertiary/aromatic N) is 2. The van der Waals surface area contributed by atoms with E-state index in [1.165, 1.54) is 4.68 Å². The molecule has 0 spiro atoms. The molecule has 0 radical (unpaired) electrons. The number of nitrogens with one attached hydrogen (secondary N) is 1. The highest BCUT2D eigenvalue weighted by atomic mass is 35.5. The summed E-state index contributed by atoms with van der Waals surface area (Å²) in [7, 11) is 0. The number of H-pyrrole nitrogens is 1. The summed E-state index contributed by atoms with van der Waals surface area (Å²) in [6, 6.07) is 6.89. The van der Waals surface area contributed by atoms with Crippen LogP contribution in [0.3, 0.4) is 0 Å². The Morgan fingerprint density at radius 1 is 1.53 bits per heavy atom. The van der Waals surface area contributed by atoms with Gasteiger partial charge in [-0.2, -0.15) is 0 Å². The molecule has 0 bridgehead atoms. The molecule has 0 saturated carbocycles. The predicted octanol–water partition coefficient (Wildman–Crippen LogP) is 1.94. The molecular formula is C11H10ClN3O2. The topological polar surface area (TPSA) is 70.4 Å². The normalized spacial score (nSPS) is 11.2. The first-order chi connectivity index (χ1) is 8.13. The van der Waals surface area contributed by atoms with Crippen LogP contribution in [0.25, 0.3) is 5.69 Å². The van der Waals surface area contributed by atoms with Gasteiger partial charge in [0.2, 0.25) is 0 Å². The second-order valence-electron chi connectivity index (χ2n) is 3.52. The van der Waals surface area contributed by atoms with Gasteiger partial charge in [0.05, 0.1) is 17.5 Å². The largest absolute Gasteiger partial charge is 0.411 e. The van der Waals surface area contributed by atoms with Crippen molar-refractivity contribution < 1.29 is 5.21 Å². The van der Waals surface area contributed by atoms with Crippen LogP contribution in [0.4, 0.5) is 0 Å².